The lowest BCUT2D eigenvalue weighted by Crippen LogP contribution is -2.19. The molecule has 1 unspecified atom stereocenters. The quantitative estimate of drug-likeness (QED) is 0.901. The second-order valence-electron chi connectivity index (χ2n) is 5.49. The molecule has 0 spiro atoms. The fourth-order valence-corrected chi connectivity index (χ4v) is 3.00. The van der Waals surface area contributed by atoms with Crippen molar-refractivity contribution in [2.75, 3.05) is 18.7 Å². The maximum Gasteiger partial charge on any atom is 0.144 e. The van der Waals surface area contributed by atoms with Crippen molar-refractivity contribution in [3.05, 3.63) is 59.1 Å². The predicted molar refractivity (Wildman–Crippen MR) is 95.4 cm³/mol. The Morgan fingerprint density at radius 3 is 2.65 bits per heavy atom. The summed E-state index contributed by atoms with van der Waals surface area (Å²) in [6.45, 7) is 0.603. The Morgan fingerprint density at radius 2 is 1.96 bits per heavy atom. The minimum Gasteiger partial charge on any atom is -0.495 e. The van der Waals surface area contributed by atoms with Gasteiger partial charge in [-0.1, -0.05) is 35.9 Å². The zero-order chi connectivity index (χ0) is 16.2. The first-order valence-electron chi connectivity index (χ1n) is 7.67. The number of rotatable bonds is 5. The number of nitrogens with two attached hydrogens (primary N) is 1. The summed E-state index contributed by atoms with van der Waals surface area (Å²) in [5, 5.41) is 7.56. The van der Waals surface area contributed by atoms with Crippen molar-refractivity contribution in [2.45, 2.75) is 18.9 Å². The fraction of sp³-hybridized carbons (Fsp3) is 0.278. The number of methoxy groups -OCH3 is 1. The molecule has 1 aliphatic heterocycles. The molecule has 120 valence electrons. The van der Waals surface area contributed by atoms with E-state index in [2.05, 4.69) is 12.1 Å². The van der Waals surface area contributed by atoms with E-state index in [1.807, 2.05) is 41.4 Å². The number of nitrogens with zero attached hydrogens (tertiary/aromatic N) is 2. The highest BCUT2D eigenvalue weighted by molar-refractivity contribution is 6.30. The zero-order valence-corrected chi connectivity index (χ0v) is 13.8. The zero-order valence-electron chi connectivity index (χ0n) is 13.1. The van der Waals surface area contributed by atoms with E-state index in [0.717, 1.165) is 35.0 Å². The molecule has 2 aromatic rings. The number of hydrogen-bond donors (Lipinski definition) is 1. The monoisotopic (exact) mass is 329 g/mol. The molecular weight excluding hydrogens is 310 g/mol. The number of hydrazone groups is 1. The van der Waals surface area contributed by atoms with Crippen molar-refractivity contribution in [3.63, 3.8) is 0 Å². The average molecular weight is 330 g/mol. The van der Waals surface area contributed by atoms with E-state index < -0.39 is 0 Å². The normalized spacial score (nSPS) is 17.3. The number of hydrogen-bond acceptors (Lipinski definition) is 4. The predicted octanol–water partition coefficient (Wildman–Crippen LogP) is 4.00. The summed E-state index contributed by atoms with van der Waals surface area (Å²) < 4.78 is 5.50. The van der Waals surface area contributed by atoms with Gasteiger partial charge in [-0.25, -0.2) is 0 Å². The van der Waals surface area contributed by atoms with Crippen molar-refractivity contribution >= 4 is 23.0 Å². The van der Waals surface area contributed by atoms with Gasteiger partial charge in [-0.05, 0) is 42.8 Å². The number of para-hydroxylation sites is 2. The van der Waals surface area contributed by atoms with E-state index in [-0.39, 0.29) is 6.04 Å². The van der Waals surface area contributed by atoms with Crippen LogP contribution in [0.4, 0.5) is 5.69 Å². The van der Waals surface area contributed by atoms with Gasteiger partial charge in [-0.2, -0.15) is 5.10 Å². The minimum absolute atomic E-state index is 0.130. The van der Waals surface area contributed by atoms with Gasteiger partial charge < -0.3 is 10.5 Å². The molecule has 0 amide bonds. The smallest absolute Gasteiger partial charge is 0.144 e. The maximum absolute atomic E-state index is 6.02. The van der Waals surface area contributed by atoms with E-state index in [1.54, 1.807) is 7.11 Å². The standard InChI is InChI=1S/C18H20ClN3O/c1-23-18-5-3-2-4-16(18)22-17(12-15(21-22)10-11-20)13-6-8-14(19)9-7-13/h2-9,17H,10-12,20H2,1H3. The molecule has 5 heteroatoms. The Bertz CT molecular complexity index is 700. The maximum atomic E-state index is 6.02. The van der Waals surface area contributed by atoms with Gasteiger partial charge in [0.15, 0.2) is 0 Å². The molecule has 0 saturated carbocycles. The molecule has 0 fully saturated rings. The van der Waals surface area contributed by atoms with Gasteiger partial charge in [-0.3, -0.25) is 5.01 Å². The third kappa shape index (κ3) is 3.33. The van der Waals surface area contributed by atoms with Crippen LogP contribution in [-0.4, -0.2) is 19.4 Å². The van der Waals surface area contributed by atoms with Gasteiger partial charge in [0.05, 0.1) is 13.2 Å². The molecule has 0 aromatic heterocycles. The van der Waals surface area contributed by atoms with Crippen LogP contribution in [0.2, 0.25) is 5.02 Å². The van der Waals surface area contributed by atoms with Crippen molar-refractivity contribution in [1.82, 2.24) is 0 Å². The van der Waals surface area contributed by atoms with E-state index in [0.29, 0.717) is 6.54 Å². The van der Waals surface area contributed by atoms with Crippen LogP contribution in [0.3, 0.4) is 0 Å². The SMILES string of the molecule is COc1ccccc1N1N=C(CCN)CC1c1ccc(Cl)cc1. The van der Waals surface area contributed by atoms with Crippen molar-refractivity contribution in [1.29, 1.82) is 0 Å². The van der Waals surface area contributed by atoms with Crippen LogP contribution in [0.5, 0.6) is 5.75 Å². The van der Waals surface area contributed by atoms with Crippen molar-refractivity contribution in [3.8, 4) is 5.75 Å². The van der Waals surface area contributed by atoms with Gasteiger partial charge >= 0.3 is 0 Å². The molecule has 1 aliphatic rings. The number of anilines is 1. The number of benzene rings is 2. The second kappa shape index (κ2) is 7.02. The van der Waals surface area contributed by atoms with Gasteiger partial charge in [0.25, 0.3) is 0 Å². The number of ether oxygens (including phenoxy) is 1. The molecule has 1 heterocycles. The third-order valence-corrected chi connectivity index (χ3v) is 4.25. The van der Waals surface area contributed by atoms with E-state index in [4.69, 9.17) is 27.2 Å². The molecule has 0 saturated heterocycles. The van der Waals surface area contributed by atoms with E-state index >= 15 is 0 Å². The Labute approximate surface area is 141 Å². The molecule has 0 bridgehead atoms. The number of halogens is 1. The molecule has 3 rings (SSSR count). The minimum atomic E-state index is 0.130. The molecular formula is C18H20ClN3O. The lowest BCUT2D eigenvalue weighted by atomic mass is 10.0. The van der Waals surface area contributed by atoms with Crippen LogP contribution in [0.1, 0.15) is 24.4 Å². The Kier molecular flexibility index (Phi) is 4.84. The lowest BCUT2D eigenvalue weighted by molar-refractivity contribution is 0.413. The van der Waals surface area contributed by atoms with Crippen LogP contribution in [0, 0.1) is 0 Å². The summed E-state index contributed by atoms with van der Waals surface area (Å²) in [7, 11) is 1.68. The fourth-order valence-electron chi connectivity index (χ4n) is 2.88. The van der Waals surface area contributed by atoms with Gasteiger partial charge in [0.1, 0.15) is 11.4 Å². The summed E-state index contributed by atoms with van der Waals surface area (Å²) in [5.41, 5.74) is 8.96. The molecule has 0 radical (unpaired) electrons. The summed E-state index contributed by atoms with van der Waals surface area (Å²) in [6, 6.07) is 16.0. The lowest BCUT2D eigenvalue weighted by Gasteiger charge is -2.25. The highest BCUT2D eigenvalue weighted by Gasteiger charge is 2.30. The first-order chi connectivity index (χ1) is 11.2. The first-order valence-corrected chi connectivity index (χ1v) is 8.05. The van der Waals surface area contributed by atoms with Crippen molar-refractivity contribution < 1.29 is 4.74 Å². The van der Waals surface area contributed by atoms with Gasteiger partial charge in [-0.15, -0.1) is 0 Å². The second-order valence-corrected chi connectivity index (χ2v) is 5.93. The summed E-state index contributed by atoms with van der Waals surface area (Å²) in [6.07, 6.45) is 1.66. The molecule has 2 aromatic carbocycles. The topological polar surface area (TPSA) is 50.8 Å². The summed E-state index contributed by atoms with van der Waals surface area (Å²) >= 11 is 6.02. The van der Waals surface area contributed by atoms with Crippen molar-refractivity contribution in [2.24, 2.45) is 10.8 Å². The molecule has 0 aliphatic carbocycles. The van der Waals surface area contributed by atoms with Crippen LogP contribution >= 0.6 is 11.6 Å². The van der Waals surface area contributed by atoms with E-state index in [1.165, 1.54) is 5.56 Å². The Balaban J connectivity index is 1.99. The first kappa shape index (κ1) is 15.8. The summed E-state index contributed by atoms with van der Waals surface area (Å²) in [5.74, 6) is 0.809. The van der Waals surface area contributed by atoms with Gasteiger partial charge in [0, 0.05) is 17.2 Å². The van der Waals surface area contributed by atoms with Crippen LogP contribution in [0.15, 0.2) is 53.6 Å². The highest BCUT2D eigenvalue weighted by Crippen LogP contribution is 2.40. The third-order valence-electron chi connectivity index (χ3n) is 3.99. The highest BCUT2D eigenvalue weighted by atomic mass is 35.5. The molecule has 2 N–H and O–H groups in total. The van der Waals surface area contributed by atoms with E-state index in [9.17, 15) is 0 Å². The Morgan fingerprint density at radius 1 is 1.22 bits per heavy atom. The van der Waals surface area contributed by atoms with Crippen LogP contribution in [0.25, 0.3) is 0 Å². The molecule has 23 heavy (non-hydrogen) atoms. The molecule has 1 atom stereocenters. The summed E-state index contributed by atoms with van der Waals surface area (Å²) in [4.78, 5) is 0. The largest absolute Gasteiger partial charge is 0.495 e. The average Bonchev–Trinajstić information content (AvgIpc) is 2.99. The van der Waals surface area contributed by atoms with Crippen LogP contribution in [-0.2, 0) is 0 Å². The molecule has 4 nitrogen and oxygen atoms in total. The Hall–Kier alpha value is -2.04. The van der Waals surface area contributed by atoms with Gasteiger partial charge in [0.2, 0.25) is 0 Å². The van der Waals surface area contributed by atoms with Crippen LogP contribution < -0.4 is 15.5 Å².